The fourth-order valence-corrected chi connectivity index (χ4v) is 2.51. The topological polar surface area (TPSA) is 66.8 Å². The maximum atomic E-state index is 11.2. The highest BCUT2D eigenvalue weighted by molar-refractivity contribution is 5.74. The molecule has 3 atom stereocenters. The van der Waals surface area contributed by atoms with Crippen molar-refractivity contribution in [3.63, 3.8) is 0 Å². The summed E-state index contributed by atoms with van der Waals surface area (Å²) < 4.78 is 4.92. The lowest BCUT2D eigenvalue weighted by molar-refractivity contribution is -0.155. The second-order valence-corrected chi connectivity index (χ2v) is 7.12. The average molecular weight is 316 g/mol. The smallest absolute Gasteiger partial charge is 0.337 e. The Labute approximate surface area is 136 Å². The molecule has 0 rings (SSSR count). The Kier molecular flexibility index (Phi) is 12.5. The van der Waals surface area contributed by atoms with Crippen LogP contribution in [0.25, 0.3) is 0 Å². The Bertz CT molecular complexity index is 278. The Balaban J connectivity index is 3.56. The summed E-state index contributed by atoms with van der Waals surface area (Å²) >= 11 is 0. The molecule has 132 valence electrons. The van der Waals surface area contributed by atoms with E-state index in [0.29, 0.717) is 12.5 Å². The molecule has 0 aromatic carbocycles. The molecule has 2 N–H and O–H groups in total. The van der Waals surface area contributed by atoms with Crippen molar-refractivity contribution in [3.8, 4) is 0 Å². The largest absolute Gasteiger partial charge is 0.464 e. The van der Waals surface area contributed by atoms with E-state index in [0.717, 1.165) is 24.7 Å². The van der Waals surface area contributed by atoms with Gasteiger partial charge < -0.3 is 14.9 Å². The van der Waals surface area contributed by atoms with E-state index in [4.69, 9.17) is 14.9 Å². The van der Waals surface area contributed by atoms with E-state index in [1.807, 2.05) is 0 Å². The van der Waals surface area contributed by atoms with Crippen LogP contribution in [-0.4, -0.2) is 35.5 Å². The van der Waals surface area contributed by atoms with Crippen molar-refractivity contribution in [1.82, 2.24) is 0 Å². The zero-order valence-corrected chi connectivity index (χ0v) is 14.9. The lowest BCUT2D eigenvalue weighted by atomic mass is 9.93. The molecule has 0 saturated heterocycles. The summed E-state index contributed by atoms with van der Waals surface area (Å²) in [4.78, 5) is 11.2. The molecule has 0 aliphatic rings. The van der Waals surface area contributed by atoms with Crippen LogP contribution in [0.2, 0.25) is 0 Å². The van der Waals surface area contributed by atoms with Crippen molar-refractivity contribution in [3.05, 3.63) is 0 Å². The summed E-state index contributed by atoms with van der Waals surface area (Å²) in [6.07, 6.45) is 7.03. The number of ether oxygens (including phenoxy) is 1. The molecule has 0 saturated carbocycles. The molecule has 4 heteroatoms. The first-order chi connectivity index (χ1) is 10.4. The van der Waals surface area contributed by atoms with Crippen LogP contribution < -0.4 is 0 Å². The minimum absolute atomic E-state index is 0.320. The molecule has 0 bridgehead atoms. The van der Waals surface area contributed by atoms with Gasteiger partial charge in [-0.2, -0.15) is 0 Å². The van der Waals surface area contributed by atoms with E-state index in [9.17, 15) is 4.79 Å². The van der Waals surface area contributed by atoms with Gasteiger partial charge in [0.15, 0.2) is 6.10 Å². The zero-order valence-electron chi connectivity index (χ0n) is 14.9. The van der Waals surface area contributed by atoms with Gasteiger partial charge in [0.25, 0.3) is 0 Å². The maximum Gasteiger partial charge on any atom is 0.337 e. The molecule has 0 aromatic heterocycles. The monoisotopic (exact) mass is 316 g/mol. The van der Waals surface area contributed by atoms with Crippen molar-refractivity contribution < 1.29 is 19.7 Å². The van der Waals surface area contributed by atoms with Crippen LogP contribution in [0.15, 0.2) is 0 Å². The van der Waals surface area contributed by atoms with Crippen LogP contribution in [0.3, 0.4) is 0 Å². The second kappa shape index (κ2) is 12.9. The summed E-state index contributed by atoms with van der Waals surface area (Å²) in [5.41, 5.74) is 0. The van der Waals surface area contributed by atoms with Gasteiger partial charge in [-0.1, -0.05) is 66.2 Å². The predicted octanol–water partition coefficient (Wildman–Crippen LogP) is 3.54. The van der Waals surface area contributed by atoms with Crippen LogP contribution in [-0.2, 0) is 9.53 Å². The molecule has 0 amide bonds. The van der Waals surface area contributed by atoms with Gasteiger partial charge in [0.05, 0.1) is 13.2 Å². The lowest BCUT2D eigenvalue weighted by Gasteiger charge is -2.15. The first-order valence-corrected chi connectivity index (χ1v) is 8.82. The highest BCUT2D eigenvalue weighted by Crippen LogP contribution is 2.20. The van der Waals surface area contributed by atoms with Crippen LogP contribution in [0.4, 0.5) is 0 Å². The highest BCUT2D eigenvalue weighted by Gasteiger charge is 2.15. The van der Waals surface area contributed by atoms with Crippen LogP contribution in [0, 0.1) is 17.8 Å². The Morgan fingerprint density at radius 3 is 1.91 bits per heavy atom. The third kappa shape index (κ3) is 12.0. The minimum atomic E-state index is -1.40. The molecular weight excluding hydrogens is 280 g/mol. The Hall–Kier alpha value is -0.610. The van der Waals surface area contributed by atoms with E-state index in [1.54, 1.807) is 0 Å². The van der Waals surface area contributed by atoms with Gasteiger partial charge in [-0.3, -0.25) is 0 Å². The molecule has 0 aliphatic heterocycles. The molecule has 3 unspecified atom stereocenters. The summed E-state index contributed by atoms with van der Waals surface area (Å²) in [6, 6.07) is 0. The Morgan fingerprint density at radius 1 is 0.909 bits per heavy atom. The van der Waals surface area contributed by atoms with Gasteiger partial charge in [0.1, 0.15) is 0 Å². The fraction of sp³-hybridized carbons (Fsp3) is 0.944. The quantitative estimate of drug-likeness (QED) is 0.510. The van der Waals surface area contributed by atoms with Crippen LogP contribution in [0.1, 0.15) is 72.6 Å². The van der Waals surface area contributed by atoms with Crippen molar-refractivity contribution in [2.75, 3.05) is 13.2 Å². The van der Waals surface area contributed by atoms with Gasteiger partial charge in [0.2, 0.25) is 0 Å². The maximum absolute atomic E-state index is 11.2. The molecule has 0 heterocycles. The molecule has 0 spiro atoms. The number of hydrogen-bond acceptors (Lipinski definition) is 4. The molecule has 0 radical (unpaired) electrons. The standard InChI is InChI=1S/C18H36O4/c1-14(2)7-5-8-15(3)9-6-10-16(4)11-12-22-18(21)17(20)13-19/h14-17,19-20H,5-13H2,1-4H3. The van der Waals surface area contributed by atoms with Crippen molar-refractivity contribution in [2.45, 2.75) is 78.7 Å². The Morgan fingerprint density at radius 2 is 1.41 bits per heavy atom. The normalized spacial score (nSPS) is 15.6. The van der Waals surface area contributed by atoms with Crippen LogP contribution in [0.5, 0.6) is 0 Å². The average Bonchev–Trinajstić information content (AvgIpc) is 2.45. The number of aliphatic hydroxyl groups excluding tert-OH is 2. The summed E-state index contributed by atoms with van der Waals surface area (Å²) in [5, 5.41) is 17.7. The highest BCUT2D eigenvalue weighted by atomic mass is 16.5. The number of aliphatic hydroxyl groups is 2. The molecule has 0 aliphatic carbocycles. The van der Waals surface area contributed by atoms with Gasteiger partial charge in [-0.25, -0.2) is 4.79 Å². The summed E-state index contributed by atoms with van der Waals surface area (Å²) in [5.74, 6) is 1.39. The number of esters is 1. The number of carbonyl (C=O) groups excluding carboxylic acids is 1. The zero-order chi connectivity index (χ0) is 17.0. The molecule has 4 nitrogen and oxygen atoms in total. The first-order valence-electron chi connectivity index (χ1n) is 8.82. The third-order valence-corrected chi connectivity index (χ3v) is 4.17. The van der Waals surface area contributed by atoms with Crippen molar-refractivity contribution in [1.29, 1.82) is 0 Å². The molecule has 0 fully saturated rings. The predicted molar refractivity (Wildman–Crippen MR) is 89.5 cm³/mol. The first kappa shape index (κ1) is 21.4. The van der Waals surface area contributed by atoms with Crippen molar-refractivity contribution >= 4 is 5.97 Å². The number of hydrogen-bond donors (Lipinski definition) is 2. The van der Waals surface area contributed by atoms with Gasteiger partial charge in [0, 0.05) is 0 Å². The van der Waals surface area contributed by atoms with Crippen molar-refractivity contribution in [2.24, 2.45) is 17.8 Å². The van der Waals surface area contributed by atoms with E-state index >= 15 is 0 Å². The number of carbonyl (C=O) groups is 1. The van der Waals surface area contributed by atoms with E-state index in [2.05, 4.69) is 27.7 Å². The van der Waals surface area contributed by atoms with E-state index in [-0.39, 0.29) is 0 Å². The van der Waals surface area contributed by atoms with Crippen LogP contribution >= 0.6 is 0 Å². The SMILES string of the molecule is CC(C)CCCC(C)CCCC(C)CCOC(=O)C(O)CO. The number of rotatable bonds is 13. The summed E-state index contributed by atoms with van der Waals surface area (Å²) in [7, 11) is 0. The third-order valence-electron chi connectivity index (χ3n) is 4.17. The van der Waals surface area contributed by atoms with Gasteiger partial charge >= 0.3 is 5.97 Å². The fourth-order valence-electron chi connectivity index (χ4n) is 2.51. The lowest BCUT2D eigenvalue weighted by Crippen LogP contribution is -2.27. The van der Waals surface area contributed by atoms with Gasteiger partial charge in [-0.05, 0) is 24.2 Å². The van der Waals surface area contributed by atoms with E-state index < -0.39 is 18.7 Å². The second-order valence-electron chi connectivity index (χ2n) is 7.12. The van der Waals surface area contributed by atoms with Gasteiger partial charge in [-0.15, -0.1) is 0 Å². The molecule has 0 aromatic rings. The minimum Gasteiger partial charge on any atom is -0.464 e. The summed E-state index contributed by atoms with van der Waals surface area (Å²) in [6.45, 7) is 8.80. The molecule has 22 heavy (non-hydrogen) atoms. The van der Waals surface area contributed by atoms with E-state index in [1.165, 1.54) is 32.1 Å². The molecular formula is C18H36O4.